The van der Waals surface area contributed by atoms with E-state index >= 15 is 0 Å². The maximum Gasteiger partial charge on any atom is 0.233 e. The molecule has 1 aliphatic rings. The Kier molecular flexibility index (Phi) is 4.89. The number of thioether (sulfide) groups is 1. The Balaban J connectivity index is 1.52. The number of carbonyl (C=O) groups excluding carboxylic acids is 1. The number of para-hydroxylation sites is 1. The fraction of sp³-hybridized carbons (Fsp3) is 0.400. The van der Waals surface area contributed by atoms with Gasteiger partial charge in [-0.05, 0) is 19.1 Å². The Morgan fingerprint density at radius 3 is 2.58 bits per heavy atom. The molecular formula is C15H19FN6OS. The van der Waals surface area contributed by atoms with Gasteiger partial charge in [-0.3, -0.25) is 4.79 Å². The van der Waals surface area contributed by atoms with Gasteiger partial charge in [0.25, 0.3) is 0 Å². The van der Waals surface area contributed by atoms with Gasteiger partial charge in [0.1, 0.15) is 11.6 Å². The van der Waals surface area contributed by atoms with Crippen molar-refractivity contribution in [3.63, 3.8) is 0 Å². The number of nitrogens with two attached hydrogens (primary N) is 1. The molecule has 0 radical (unpaired) electrons. The Labute approximate surface area is 143 Å². The third-order valence-corrected chi connectivity index (χ3v) is 4.91. The van der Waals surface area contributed by atoms with Crippen LogP contribution in [-0.4, -0.2) is 57.6 Å². The molecule has 1 aromatic carbocycles. The van der Waals surface area contributed by atoms with Gasteiger partial charge in [-0.2, -0.15) is 0 Å². The van der Waals surface area contributed by atoms with Crippen LogP contribution in [0.15, 0.2) is 29.4 Å². The van der Waals surface area contributed by atoms with Gasteiger partial charge in [-0.15, -0.1) is 10.2 Å². The van der Waals surface area contributed by atoms with E-state index in [1.165, 1.54) is 22.5 Å². The number of rotatable bonds is 4. The Bertz CT molecular complexity index is 729. The van der Waals surface area contributed by atoms with Crippen molar-refractivity contribution < 1.29 is 9.18 Å². The Morgan fingerprint density at radius 1 is 1.25 bits per heavy atom. The van der Waals surface area contributed by atoms with E-state index in [0.29, 0.717) is 42.8 Å². The lowest BCUT2D eigenvalue weighted by atomic mass is 10.2. The summed E-state index contributed by atoms with van der Waals surface area (Å²) in [4.78, 5) is 16.1. The number of hydrogen-bond acceptors (Lipinski definition) is 6. The molecule has 0 bridgehead atoms. The van der Waals surface area contributed by atoms with Crippen LogP contribution in [0.4, 0.5) is 10.1 Å². The molecule has 7 nitrogen and oxygen atoms in total. The standard InChI is InChI=1S/C15H19FN6OS/c1-11-18-19-15(22(11)17)24-10-14(23)21-8-6-20(7-9-21)13-5-3-2-4-12(13)16/h2-5H,6-10,17H2,1H3. The summed E-state index contributed by atoms with van der Waals surface area (Å²) in [5, 5.41) is 8.30. The quantitative estimate of drug-likeness (QED) is 0.651. The topological polar surface area (TPSA) is 80.3 Å². The van der Waals surface area contributed by atoms with E-state index in [9.17, 15) is 9.18 Å². The molecule has 1 fully saturated rings. The van der Waals surface area contributed by atoms with Crippen molar-refractivity contribution in [1.29, 1.82) is 0 Å². The molecule has 3 rings (SSSR count). The van der Waals surface area contributed by atoms with Crippen LogP contribution in [0.25, 0.3) is 0 Å². The minimum atomic E-state index is -0.231. The van der Waals surface area contributed by atoms with Crippen molar-refractivity contribution in [3.8, 4) is 0 Å². The molecule has 0 aliphatic carbocycles. The fourth-order valence-corrected chi connectivity index (χ4v) is 3.38. The third kappa shape index (κ3) is 3.45. The van der Waals surface area contributed by atoms with E-state index in [1.807, 2.05) is 11.0 Å². The lowest BCUT2D eigenvalue weighted by Crippen LogP contribution is -2.49. The van der Waals surface area contributed by atoms with Gasteiger partial charge in [0, 0.05) is 26.2 Å². The zero-order valence-electron chi connectivity index (χ0n) is 13.4. The number of aromatic nitrogens is 3. The second kappa shape index (κ2) is 7.08. The van der Waals surface area contributed by atoms with Crippen molar-refractivity contribution in [1.82, 2.24) is 19.8 Å². The van der Waals surface area contributed by atoms with Crippen LogP contribution in [0.1, 0.15) is 5.82 Å². The van der Waals surface area contributed by atoms with E-state index in [4.69, 9.17) is 5.84 Å². The smallest absolute Gasteiger partial charge is 0.233 e. The normalized spacial score (nSPS) is 14.9. The van der Waals surface area contributed by atoms with Crippen LogP contribution in [0.2, 0.25) is 0 Å². The number of piperazine rings is 1. The predicted octanol–water partition coefficient (Wildman–Crippen LogP) is 0.880. The average molecular weight is 350 g/mol. The third-order valence-electron chi connectivity index (χ3n) is 3.99. The largest absolute Gasteiger partial charge is 0.366 e. The molecule has 0 spiro atoms. The number of benzene rings is 1. The van der Waals surface area contributed by atoms with Gasteiger partial charge >= 0.3 is 0 Å². The second-order valence-electron chi connectivity index (χ2n) is 5.51. The molecular weight excluding hydrogens is 331 g/mol. The second-order valence-corrected chi connectivity index (χ2v) is 6.45. The lowest BCUT2D eigenvalue weighted by molar-refractivity contribution is -0.128. The number of aryl methyl sites for hydroxylation is 1. The summed E-state index contributed by atoms with van der Waals surface area (Å²) in [7, 11) is 0. The first-order valence-corrected chi connectivity index (χ1v) is 8.62. The molecule has 1 aromatic heterocycles. The molecule has 2 heterocycles. The number of nitrogens with zero attached hydrogens (tertiary/aromatic N) is 5. The van der Waals surface area contributed by atoms with Gasteiger partial charge in [0.05, 0.1) is 11.4 Å². The van der Waals surface area contributed by atoms with Gasteiger partial charge in [-0.1, -0.05) is 23.9 Å². The number of carbonyl (C=O) groups is 1. The first kappa shape index (κ1) is 16.6. The van der Waals surface area contributed by atoms with Crippen LogP contribution in [-0.2, 0) is 4.79 Å². The van der Waals surface area contributed by atoms with Crippen LogP contribution in [0.5, 0.6) is 0 Å². The SMILES string of the molecule is Cc1nnc(SCC(=O)N2CCN(c3ccccc3F)CC2)n1N. The molecule has 1 saturated heterocycles. The molecule has 128 valence electrons. The highest BCUT2D eigenvalue weighted by molar-refractivity contribution is 7.99. The monoisotopic (exact) mass is 350 g/mol. The first-order valence-electron chi connectivity index (χ1n) is 7.63. The number of nitrogen functional groups attached to an aromatic ring is 1. The van der Waals surface area contributed by atoms with Crippen LogP contribution < -0.4 is 10.7 Å². The first-order chi connectivity index (χ1) is 11.6. The van der Waals surface area contributed by atoms with E-state index in [-0.39, 0.29) is 17.5 Å². The summed E-state index contributed by atoms with van der Waals surface area (Å²) in [6.45, 7) is 4.12. The Hall–Kier alpha value is -2.29. The molecule has 1 aliphatic heterocycles. The summed E-state index contributed by atoms with van der Waals surface area (Å²) in [5.41, 5.74) is 0.589. The van der Waals surface area contributed by atoms with E-state index in [2.05, 4.69) is 10.2 Å². The van der Waals surface area contributed by atoms with Crippen LogP contribution in [0.3, 0.4) is 0 Å². The van der Waals surface area contributed by atoms with Crippen molar-refractivity contribution in [3.05, 3.63) is 35.9 Å². The van der Waals surface area contributed by atoms with Gasteiger partial charge in [0.15, 0.2) is 0 Å². The minimum Gasteiger partial charge on any atom is -0.366 e. The number of anilines is 1. The van der Waals surface area contributed by atoms with E-state index in [1.54, 1.807) is 24.0 Å². The van der Waals surface area contributed by atoms with Gasteiger partial charge < -0.3 is 15.6 Å². The summed E-state index contributed by atoms with van der Waals surface area (Å²) in [6, 6.07) is 6.71. The van der Waals surface area contributed by atoms with Gasteiger partial charge in [0.2, 0.25) is 11.1 Å². The highest BCUT2D eigenvalue weighted by atomic mass is 32.2. The van der Waals surface area contributed by atoms with Crippen molar-refractivity contribution >= 4 is 23.4 Å². The highest BCUT2D eigenvalue weighted by Crippen LogP contribution is 2.21. The summed E-state index contributed by atoms with van der Waals surface area (Å²) >= 11 is 1.27. The summed E-state index contributed by atoms with van der Waals surface area (Å²) in [5.74, 6) is 6.42. The molecule has 0 saturated carbocycles. The molecule has 2 aromatic rings. The zero-order valence-corrected chi connectivity index (χ0v) is 14.2. The maximum atomic E-state index is 13.8. The Morgan fingerprint density at radius 2 is 1.96 bits per heavy atom. The van der Waals surface area contributed by atoms with Gasteiger partial charge in [-0.25, -0.2) is 9.07 Å². The molecule has 9 heteroatoms. The number of halogens is 1. The van der Waals surface area contributed by atoms with Crippen LogP contribution in [0, 0.1) is 12.7 Å². The molecule has 1 amide bonds. The molecule has 2 N–H and O–H groups in total. The fourth-order valence-electron chi connectivity index (χ4n) is 2.57. The minimum absolute atomic E-state index is 0.0221. The van der Waals surface area contributed by atoms with Crippen LogP contribution >= 0.6 is 11.8 Å². The molecule has 24 heavy (non-hydrogen) atoms. The summed E-state index contributed by atoms with van der Waals surface area (Å²) in [6.07, 6.45) is 0. The predicted molar refractivity (Wildman–Crippen MR) is 90.8 cm³/mol. The summed E-state index contributed by atoms with van der Waals surface area (Å²) < 4.78 is 15.2. The van der Waals surface area contributed by atoms with Crippen molar-refractivity contribution in [2.24, 2.45) is 0 Å². The highest BCUT2D eigenvalue weighted by Gasteiger charge is 2.23. The van der Waals surface area contributed by atoms with E-state index < -0.39 is 0 Å². The zero-order chi connectivity index (χ0) is 17.1. The van der Waals surface area contributed by atoms with Crippen molar-refractivity contribution in [2.75, 3.05) is 42.7 Å². The average Bonchev–Trinajstić information content (AvgIpc) is 2.92. The van der Waals surface area contributed by atoms with Crippen molar-refractivity contribution in [2.45, 2.75) is 12.1 Å². The molecule has 0 atom stereocenters. The number of amides is 1. The maximum absolute atomic E-state index is 13.8. The molecule has 0 unspecified atom stereocenters. The number of hydrogen-bond donors (Lipinski definition) is 1. The lowest BCUT2D eigenvalue weighted by Gasteiger charge is -2.36. The van der Waals surface area contributed by atoms with E-state index in [0.717, 1.165) is 0 Å².